The van der Waals surface area contributed by atoms with Crippen molar-refractivity contribution in [2.24, 2.45) is 0 Å². The number of aryl methyl sites for hydroxylation is 1. The Kier molecular flexibility index (Phi) is 7.62. The molecule has 7 heteroatoms. The zero-order valence-corrected chi connectivity index (χ0v) is 21.1. The van der Waals surface area contributed by atoms with E-state index in [1.807, 2.05) is 42.8 Å². The summed E-state index contributed by atoms with van der Waals surface area (Å²) in [7, 11) is 0. The van der Waals surface area contributed by atoms with Gasteiger partial charge in [-0.3, -0.25) is 14.3 Å². The number of carbonyl (C=O) groups is 2. The summed E-state index contributed by atoms with van der Waals surface area (Å²) >= 11 is 0. The second-order valence-corrected chi connectivity index (χ2v) is 10.3. The summed E-state index contributed by atoms with van der Waals surface area (Å²) in [5.41, 5.74) is 4.01. The molecule has 33 heavy (non-hydrogen) atoms. The number of hydrogen-bond donors (Lipinski definition) is 1. The van der Waals surface area contributed by atoms with Crippen molar-refractivity contribution in [3.8, 4) is 0 Å². The van der Waals surface area contributed by atoms with Crippen LogP contribution in [0, 0.1) is 13.8 Å². The summed E-state index contributed by atoms with van der Waals surface area (Å²) in [5, 5.41) is 7.64. The molecule has 7 nitrogen and oxygen atoms in total. The molecule has 180 valence electrons. The van der Waals surface area contributed by atoms with Gasteiger partial charge in [-0.25, -0.2) is 0 Å². The van der Waals surface area contributed by atoms with Crippen molar-refractivity contribution in [2.75, 3.05) is 25.0 Å². The summed E-state index contributed by atoms with van der Waals surface area (Å²) < 4.78 is 7.70. The number of hydrogen-bond acceptors (Lipinski definition) is 4. The van der Waals surface area contributed by atoms with E-state index in [9.17, 15) is 9.59 Å². The van der Waals surface area contributed by atoms with Gasteiger partial charge < -0.3 is 15.0 Å². The highest BCUT2D eigenvalue weighted by Crippen LogP contribution is 2.25. The molecule has 1 aliphatic heterocycles. The average Bonchev–Trinajstić information content (AvgIpc) is 3.40. The number of ether oxygens (including phenoxy) is 1. The molecule has 1 aromatic carbocycles. The van der Waals surface area contributed by atoms with Gasteiger partial charge in [-0.05, 0) is 76.6 Å². The van der Waals surface area contributed by atoms with E-state index >= 15 is 0 Å². The third-order valence-corrected chi connectivity index (χ3v) is 6.13. The zero-order valence-electron chi connectivity index (χ0n) is 21.1. The number of carbonyl (C=O) groups excluding carboxylic acids is 2. The Balaban J connectivity index is 1.85. The first kappa shape index (κ1) is 25.0. The lowest BCUT2D eigenvalue weighted by Crippen LogP contribution is -2.42. The van der Waals surface area contributed by atoms with Crippen molar-refractivity contribution in [2.45, 2.75) is 78.9 Å². The van der Waals surface area contributed by atoms with Crippen molar-refractivity contribution < 1.29 is 14.3 Å². The number of aromatic nitrogens is 2. The van der Waals surface area contributed by atoms with E-state index in [2.05, 4.69) is 45.0 Å². The number of benzene rings is 1. The summed E-state index contributed by atoms with van der Waals surface area (Å²) in [6, 6.07) is 7.67. The Labute approximate surface area is 197 Å². The van der Waals surface area contributed by atoms with Crippen molar-refractivity contribution in [1.82, 2.24) is 14.7 Å². The first-order valence-corrected chi connectivity index (χ1v) is 11.8. The fraction of sp³-hybridized carbons (Fsp3) is 0.577. The fourth-order valence-corrected chi connectivity index (χ4v) is 4.11. The van der Waals surface area contributed by atoms with E-state index in [4.69, 9.17) is 4.74 Å². The Morgan fingerprint density at radius 2 is 2.00 bits per heavy atom. The highest BCUT2D eigenvalue weighted by Gasteiger charge is 2.29. The molecule has 1 atom stereocenters. The number of rotatable bonds is 7. The smallest absolute Gasteiger partial charge is 0.274 e. The molecule has 0 aliphatic carbocycles. The van der Waals surface area contributed by atoms with Gasteiger partial charge in [0.1, 0.15) is 6.54 Å². The van der Waals surface area contributed by atoms with Crippen LogP contribution < -0.4 is 5.32 Å². The largest absolute Gasteiger partial charge is 0.376 e. The third kappa shape index (κ3) is 6.02. The lowest BCUT2D eigenvalue weighted by atomic mass is 10.1. The predicted octanol–water partition coefficient (Wildman–Crippen LogP) is 4.64. The van der Waals surface area contributed by atoms with Crippen molar-refractivity contribution in [3.05, 3.63) is 46.8 Å². The normalized spacial score (nSPS) is 16.3. The van der Waals surface area contributed by atoms with Gasteiger partial charge in [-0.2, -0.15) is 5.10 Å². The Hall–Kier alpha value is -2.67. The number of nitrogens with one attached hydrogen (secondary N) is 1. The summed E-state index contributed by atoms with van der Waals surface area (Å²) in [5.74, 6) is -0.251. The molecule has 1 unspecified atom stereocenters. The van der Waals surface area contributed by atoms with Crippen LogP contribution in [0.3, 0.4) is 0 Å². The van der Waals surface area contributed by atoms with E-state index in [1.54, 1.807) is 4.90 Å². The van der Waals surface area contributed by atoms with E-state index in [0.29, 0.717) is 18.8 Å². The minimum Gasteiger partial charge on any atom is -0.376 e. The standard InChI is InChI=1S/C26H38N4O3/c1-17(2)23-14-22(28-30(23)26(5,6)7)25(32)29(15-20-11-9-13-33-20)16-24(31)27-21-12-8-10-18(3)19(21)4/h8,10,12,14,17,20H,9,11,13,15-16H2,1-7H3,(H,27,31). The zero-order chi connectivity index (χ0) is 24.3. The maximum Gasteiger partial charge on any atom is 0.274 e. The number of nitrogens with zero attached hydrogens (tertiary/aromatic N) is 3. The molecule has 2 aromatic rings. The molecule has 2 heterocycles. The van der Waals surface area contributed by atoms with Gasteiger partial charge in [0.05, 0.1) is 11.6 Å². The average molecular weight is 455 g/mol. The van der Waals surface area contributed by atoms with Crippen molar-refractivity contribution >= 4 is 17.5 Å². The fourth-order valence-electron chi connectivity index (χ4n) is 4.11. The van der Waals surface area contributed by atoms with Crippen LogP contribution in [0.4, 0.5) is 5.69 Å². The van der Waals surface area contributed by atoms with Crippen LogP contribution in [0.15, 0.2) is 24.3 Å². The molecule has 1 saturated heterocycles. The monoisotopic (exact) mass is 454 g/mol. The van der Waals surface area contributed by atoms with Crippen LogP contribution in [0.5, 0.6) is 0 Å². The van der Waals surface area contributed by atoms with Crippen LogP contribution in [-0.2, 0) is 15.1 Å². The Morgan fingerprint density at radius 3 is 2.58 bits per heavy atom. The van der Waals surface area contributed by atoms with Gasteiger partial charge in [0.2, 0.25) is 5.91 Å². The quantitative estimate of drug-likeness (QED) is 0.661. The Morgan fingerprint density at radius 1 is 1.27 bits per heavy atom. The molecular formula is C26H38N4O3. The Bertz CT molecular complexity index is 997. The second kappa shape index (κ2) is 10.1. The van der Waals surface area contributed by atoms with Gasteiger partial charge in [-0.1, -0.05) is 26.0 Å². The van der Waals surface area contributed by atoms with Crippen molar-refractivity contribution in [3.63, 3.8) is 0 Å². The molecule has 0 saturated carbocycles. The molecular weight excluding hydrogens is 416 g/mol. The highest BCUT2D eigenvalue weighted by molar-refractivity contribution is 5.98. The minimum absolute atomic E-state index is 0.0501. The highest BCUT2D eigenvalue weighted by atomic mass is 16.5. The molecule has 0 spiro atoms. The van der Waals surface area contributed by atoms with Gasteiger partial charge in [0.15, 0.2) is 5.69 Å². The first-order valence-electron chi connectivity index (χ1n) is 11.8. The maximum absolute atomic E-state index is 13.6. The van der Waals surface area contributed by atoms with Crippen LogP contribution in [-0.4, -0.2) is 52.3 Å². The lowest BCUT2D eigenvalue weighted by Gasteiger charge is -2.25. The second-order valence-electron chi connectivity index (χ2n) is 10.3. The van der Waals surface area contributed by atoms with Crippen LogP contribution in [0.25, 0.3) is 0 Å². The SMILES string of the molecule is Cc1cccc(NC(=O)CN(CC2CCCO2)C(=O)c2cc(C(C)C)n(C(C)(C)C)n2)c1C. The van der Waals surface area contributed by atoms with E-state index in [0.717, 1.165) is 35.3 Å². The molecule has 1 aliphatic rings. The first-order chi connectivity index (χ1) is 15.5. The van der Waals surface area contributed by atoms with E-state index < -0.39 is 0 Å². The number of anilines is 1. The molecule has 1 N–H and O–H groups in total. The summed E-state index contributed by atoms with van der Waals surface area (Å²) in [6.45, 7) is 15.4. The van der Waals surface area contributed by atoms with Gasteiger partial charge in [0, 0.05) is 24.5 Å². The van der Waals surface area contributed by atoms with E-state index in [-0.39, 0.29) is 35.9 Å². The lowest BCUT2D eigenvalue weighted by molar-refractivity contribution is -0.117. The summed E-state index contributed by atoms with van der Waals surface area (Å²) in [6.07, 6.45) is 1.80. The molecule has 0 bridgehead atoms. The molecule has 0 radical (unpaired) electrons. The maximum atomic E-state index is 13.6. The molecule has 2 amide bonds. The molecule has 1 aromatic heterocycles. The third-order valence-electron chi connectivity index (χ3n) is 6.13. The van der Waals surface area contributed by atoms with Crippen LogP contribution >= 0.6 is 0 Å². The van der Waals surface area contributed by atoms with Crippen LogP contribution in [0.1, 0.15) is 80.7 Å². The van der Waals surface area contributed by atoms with Gasteiger partial charge in [-0.15, -0.1) is 0 Å². The summed E-state index contributed by atoms with van der Waals surface area (Å²) in [4.78, 5) is 28.1. The van der Waals surface area contributed by atoms with Crippen molar-refractivity contribution in [1.29, 1.82) is 0 Å². The molecule has 1 fully saturated rings. The minimum atomic E-state index is -0.252. The predicted molar refractivity (Wildman–Crippen MR) is 131 cm³/mol. The van der Waals surface area contributed by atoms with E-state index in [1.165, 1.54) is 0 Å². The van der Waals surface area contributed by atoms with Crippen LogP contribution in [0.2, 0.25) is 0 Å². The van der Waals surface area contributed by atoms with Gasteiger partial charge >= 0.3 is 0 Å². The topological polar surface area (TPSA) is 76.5 Å². The molecule has 3 rings (SSSR count). The number of amides is 2. The van der Waals surface area contributed by atoms with Gasteiger partial charge in [0.25, 0.3) is 5.91 Å².